The highest BCUT2D eigenvalue weighted by atomic mass is 32.2. The van der Waals surface area contributed by atoms with Gasteiger partial charge in [0.2, 0.25) is 0 Å². The summed E-state index contributed by atoms with van der Waals surface area (Å²) in [6, 6.07) is 0. The Balaban J connectivity index is 2.04. The molecule has 2 heterocycles. The van der Waals surface area contributed by atoms with Crippen molar-refractivity contribution >= 4 is 27.3 Å². The van der Waals surface area contributed by atoms with Crippen molar-refractivity contribution in [3.63, 3.8) is 0 Å². The molecule has 0 radical (unpaired) electrons. The van der Waals surface area contributed by atoms with Gasteiger partial charge in [-0.3, -0.25) is 4.21 Å². The van der Waals surface area contributed by atoms with Crippen LogP contribution in [0.5, 0.6) is 0 Å². The van der Waals surface area contributed by atoms with E-state index in [-0.39, 0.29) is 6.61 Å². The smallest absolute Gasteiger partial charge is 0.185 e. The summed E-state index contributed by atoms with van der Waals surface area (Å²) in [6.45, 7) is 1.62. The number of nitrogens with zero attached hydrogens (tertiary/aromatic N) is 2. The summed E-state index contributed by atoms with van der Waals surface area (Å²) in [7, 11) is -0.644. The van der Waals surface area contributed by atoms with Crippen molar-refractivity contribution in [1.29, 1.82) is 0 Å². The Morgan fingerprint density at radius 1 is 1.57 bits per heavy atom. The third-order valence-electron chi connectivity index (χ3n) is 2.15. The fraction of sp³-hybridized carbons (Fsp3) is 0.625. The maximum atomic E-state index is 11.1. The zero-order valence-electron chi connectivity index (χ0n) is 7.68. The molecule has 0 aliphatic carbocycles. The average Bonchev–Trinajstić information content (AvgIpc) is 2.67. The number of aliphatic hydroxyl groups excluding tert-OH is 1. The van der Waals surface area contributed by atoms with Crippen LogP contribution < -0.4 is 4.90 Å². The second kappa shape index (κ2) is 4.37. The SMILES string of the molecule is O=S1CCN(c2nc(CO)cs2)CC1. The van der Waals surface area contributed by atoms with Gasteiger partial charge in [0.1, 0.15) is 0 Å². The molecule has 1 aromatic rings. The first kappa shape index (κ1) is 10.1. The van der Waals surface area contributed by atoms with Crippen LogP contribution in [0.15, 0.2) is 5.38 Å². The van der Waals surface area contributed by atoms with Crippen LogP contribution in [0.25, 0.3) is 0 Å². The number of anilines is 1. The molecule has 0 amide bonds. The van der Waals surface area contributed by atoms with Crippen molar-refractivity contribution in [2.75, 3.05) is 29.5 Å². The maximum absolute atomic E-state index is 11.1. The summed E-state index contributed by atoms with van der Waals surface area (Å²) >= 11 is 1.54. The quantitative estimate of drug-likeness (QED) is 0.791. The molecule has 0 bridgehead atoms. The first-order valence-electron chi connectivity index (χ1n) is 4.45. The van der Waals surface area contributed by atoms with Gasteiger partial charge in [-0.2, -0.15) is 0 Å². The van der Waals surface area contributed by atoms with E-state index in [1.54, 1.807) is 0 Å². The van der Waals surface area contributed by atoms with Crippen molar-refractivity contribution in [2.45, 2.75) is 6.61 Å². The Morgan fingerprint density at radius 2 is 2.29 bits per heavy atom. The molecule has 14 heavy (non-hydrogen) atoms. The molecule has 1 aliphatic heterocycles. The van der Waals surface area contributed by atoms with Gasteiger partial charge in [-0.05, 0) is 0 Å². The molecular weight excluding hydrogens is 220 g/mol. The van der Waals surface area contributed by atoms with Crippen LogP contribution in [-0.4, -0.2) is 38.9 Å². The van der Waals surface area contributed by atoms with E-state index in [9.17, 15) is 4.21 Å². The largest absolute Gasteiger partial charge is 0.390 e. The maximum Gasteiger partial charge on any atom is 0.185 e. The third kappa shape index (κ3) is 2.13. The van der Waals surface area contributed by atoms with Crippen molar-refractivity contribution < 1.29 is 9.32 Å². The molecule has 1 N–H and O–H groups in total. The second-order valence-electron chi connectivity index (χ2n) is 3.11. The molecular formula is C8H12N2O2S2. The lowest BCUT2D eigenvalue weighted by Crippen LogP contribution is -2.37. The van der Waals surface area contributed by atoms with E-state index < -0.39 is 10.8 Å². The first-order chi connectivity index (χ1) is 6.79. The molecule has 0 atom stereocenters. The number of hydrogen-bond acceptors (Lipinski definition) is 5. The highest BCUT2D eigenvalue weighted by molar-refractivity contribution is 7.85. The minimum Gasteiger partial charge on any atom is -0.390 e. The zero-order chi connectivity index (χ0) is 9.97. The van der Waals surface area contributed by atoms with E-state index >= 15 is 0 Å². The summed E-state index contributed by atoms with van der Waals surface area (Å²) in [5.41, 5.74) is 0.719. The zero-order valence-corrected chi connectivity index (χ0v) is 9.31. The molecule has 1 aliphatic rings. The Kier molecular flexibility index (Phi) is 3.15. The molecule has 0 aromatic carbocycles. The molecule has 2 rings (SSSR count). The molecule has 0 saturated carbocycles. The van der Waals surface area contributed by atoms with E-state index in [1.165, 1.54) is 11.3 Å². The summed E-state index contributed by atoms with van der Waals surface area (Å²) in [5, 5.41) is 11.7. The van der Waals surface area contributed by atoms with Gasteiger partial charge in [0, 0.05) is 40.8 Å². The Morgan fingerprint density at radius 3 is 2.86 bits per heavy atom. The predicted molar refractivity (Wildman–Crippen MR) is 58.1 cm³/mol. The molecule has 1 fully saturated rings. The highest BCUT2D eigenvalue weighted by Gasteiger charge is 2.17. The number of hydrogen-bond donors (Lipinski definition) is 1. The van der Waals surface area contributed by atoms with Crippen molar-refractivity contribution in [2.24, 2.45) is 0 Å². The third-order valence-corrected chi connectivity index (χ3v) is 4.38. The van der Waals surface area contributed by atoms with Gasteiger partial charge < -0.3 is 10.0 Å². The van der Waals surface area contributed by atoms with E-state index in [1.807, 2.05) is 5.38 Å². The standard InChI is InChI=1S/C8H12N2O2S2/c11-5-7-6-13-8(9-7)10-1-3-14(12)4-2-10/h6,11H,1-5H2. The molecule has 1 saturated heterocycles. The van der Waals surface area contributed by atoms with Gasteiger partial charge >= 0.3 is 0 Å². The van der Waals surface area contributed by atoms with E-state index in [4.69, 9.17) is 5.11 Å². The van der Waals surface area contributed by atoms with Crippen LogP contribution in [0, 0.1) is 0 Å². The lowest BCUT2D eigenvalue weighted by Gasteiger charge is -2.25. The number of rotatable bonds is 2. The fourth-order valence-corrected chi connectivity index (χ4v) is 3.27. The van der Waals surface area contributed by atoms with Crippen LogP contribution in [0.4, 0.5) is 5.13 Å². The van der Waals surface area contributed by atoms with Gasteiger partial charge in [-0.15, -0.1) is 11.3 Å². The van der Waals surface area contributed by atoms with Crippen LogP contribution >= 0.6 is 11.3 Å². The summed E-state index contributed by atoms with van der Waals surface area (Å²) in [5.74, 6) is 1.46. The minimum atomic E-state index is -0.644. The molecule has 6 heteroatoms. The molecule has 4 nitrogen and oxygen atoms in total. The predicted octanol–water partition coefficient (Wildman–Crippen LogP) is 0.204. The van der Waals surface area contributed by atoms with Crippen molar-refractivity contribution in [3.8, 4) is 0 Å². The van der Waals surface area contributed by atoms with Crippen molar-refractivity contribution in [3.05, 3.63) is 11.1 Å². The topological polar surface area (TPSA) is 53.4 Å². The fourth-order valence-electron chi connectivity index (χ4n) is 1.34. The highest BCUT2D eigenvalue weighted by Crippen LogP contribution is 2.21. The number of aliphatic hydroxyl groups is 1. The molecule has 78 valence electrons. The van der Waals surface area contributed by atoms with E-state index in [0.717, 1.165) is 35.4 Å². The van der Waals surface area contributed by atoms with Gasteiger partial charge in [-0.1, -0.05) is 0 Å². The molecule has 0 unspecified atom stereocenters. The van der Waals surface area contributed by atoms with Crippen molar-refractivity contribution in [1.82, 2.24) is 4.98 Å². The Labute approximate surface area is 89.0 Å². The summed E-state index contributed by atoms with van der Waals surface area (Å²) in [4.78, 5) is 6.40. The Hall–Kier alpha value is -0.460. The summed E-state index contributed by atoms with van der Waals surface area (Å²) in [6.07, 6.45) is 0. The second-order valence-corrected chi connectivity index (χ2v) is 5.65. The monoisotopic (exact) mass is 232 g/mol. The minimum absolute atomic E-state index is 0.00370. The van der Waals surface area contributed by atoms with Crippen LogP contribution in [0.3, 0.4) is 0 Å². The van der Waals surface area contributed by atoms with Crippen LogP contribution in [-0.2, 0) is 17.4 Å². The lowest BCUT2D eigenvalue weighted by atomic mass is 10.5. The average molecular weight is 232 g/mol. The molecule has 0 spiro atoms. The number of thiazole rings is 1. The normalized spacial score (nSPS) is 18.8. The van der Waals surface area contributed by atoms with Gasteiger partial charge in [0.05, 0.1) is 12.3 Å². The van der Waals surface area contributed by atoms with E-state index in [0.29, 0.717) is 0 Å². The number of aromatic nitrogens is 1. The van der Waals surface area contributed by atoms with Gasteiger partial charge in [0.15, 0.2) is 5.13 Å². The Bertz CT molecular complexity index is 330. The summed E-state index contributed by atoms with van der Waals surface area (Å²) < 4.78 is 11.1. The van der Waals surface area contributed by atoms with Gasteiger partial charge in [-0.25, -0.2) is 4.98 Å². The van der Waals surface area contributed by atoms with E-state index in [2.05, 4.69) is 9.88 Å². The van der Waals surface area contributed by atoms with Crippen LogP contribution in [0.1, 0.15) is 5.69 Å². The lowest BCUT2D eigenvalue weighted by molar-refractivity contribution is 0.277. The molecule has 1 aromatic heterocycles. The van der Waals surface area contributed by atoms with Crippen LogP contribution in [0.2, 0.25) is 0 Å². The first-order valence-corrected chi connectivity index (χ1v) is 6.81. The van der Waals surface area contributed by atoms with Gasteiger partial charge in [0.25, 0.3) is 0 Å².